The minimum Gasteiger partial charge on any atom is -0.456 e. The predicted molar refractivity (Wildman–Crippen MR) is 229 cm³/mol. The second kappa shape index (κ2) is 12.6. The maximum Gasteiger partial charge on any atom is 0.160 e. The maximum absolute atomic E-state index is 6.31. The smallest absolute Gasteiger partial charge is 0.160 e. The average molecular weight is 701 g/mol. The number of hydrogen-bond donors (Lipinski definition) is 0. The van der Waals surface area contributed by atoms with Crippen LogP contribution >= 0.6 is 0 Å². The van der Waals surface area contributed by atoms with Gasteiger partial charge in [-0.25, -0.2) is 9.97 Å². The summed E-state index contributed by atoms with van der Waals surface area (Å²) >= 11 is 0. The molecular weight excluding hydrogens is 669 g/mol. The molecule has 9 aromatic carbocycles. The molecule has 0 saturated heterocycles. The van der Waals surface area contributed by atoms with E-state index >= 15 is 0 Å². The Hall–Kier alpha value is -7.36. The summed E-state index contributed by atoms with van der Waals surface area (Å²) in [6.45, 7) is 0. The number of furan rings is 1. The summed E-state index contributed by atoms with van der Waals surface area (Å²) in [4.78, 5) is 10.6. The first-order valence-corrected chi connectivity index (χ1v) is 18.6. The van der Waals surface area contributed by atoms with E-state index in [1.165, 1.54) is 37.9 Å². The highest BCUT2D eigenvalue weighted by atomic mass is 16.3. The molecule has 11 rings (SSSR count). The highest BCUT2D eigenvalue weighted by Crippen LogP contribution is 2.41. The summed E-state index contributed by atoms with van der Waals surface area (Å²) in [6, 6.07) is 68.6. The Morgan fingerprint density at radius 1 is 0.327 bits per heavy atom. The van der Waals surface area contributed by atoms with Crippen LogP contribution in [0, 0.1) is 0 Å². The average Bonchev–Trinajstić information content (AvgIpc) is 3.65. The molecule has 0 amide bonds. The number of rotatable bonds is 5. The lowest BCUT2D eigenvalue weighted by Gasteiger charge is -2.15. The van der Waals surface area contributed by atoms with Gasteiger partial charge in [-0.2, -0.15) is 0 Å². The van der Waals surface area contributed by atoms with Gasteiger partial charge in [-0.05, 0) is 84.9 Å². The molecule has 2 aromatic heterocycles. The molecule has 0 aliphatic heterocycles. The standard InChI is InChI=1S/C52H32N2O/c1-2-12-33(13-3-1)37-16-10-17-39(30-37)46-32-47(43-21-11-23-49-51(43)44-20-8-9-22-48(44)55-49)54-52(53-46)36-26-24-35(25-27-36)50-41-19-7-5-15-38(41)31-45-40-18-6-4-14-34(40)28-29-42(45)50/h1-32H. The molecule has 0 fully saturated rings. The zero-order chi connectivity index (χ0) is 36.3. The van der Waals surface area contributed by atoms with Crippen molar-refractivity contribution in [2.24, 2.45) is 0 Å². The third-order valence-corrected chi connectivity index (χ3v) is 10.9. The summed E-state index contributed by atoms with van der Waals surface area (Å²) in [6.07, 6.45) is 0. The van der Waals surface area contributed by atoms with Gasteiger partial charge in [0.05, 0.1) is 11.4 Å². The van der Waals surface area contributed by atoms with Crippen molar-refractivity contribution in [2.75, 3.05) is 0 Å². The number of aromatic nitrogens is 2. The molecule has 256 valence electrons. The zero-order valence-electron chi connectivity index (χ0n) is 29.8. The highest BCUT2D eigenvalue weighted by molar-refractivity contribution is 6.20. The van der Waals surface area contributed by atoms with Gasteiger partial charge >= 0.3 is 0 Å². The van der Waals surface area contributed by atoms with Gasteiger partial charge < -0.3 is 4.42 Å². The maximum atomic E-state index is 6.31. The molecule has 0 aliphatic carbocycles. The SMILES string of the molecule is c1ccc(-c2cccc(-c3cc(-c4cccc5oc6ccccc6c45)nc(-c4ccc(-c5c6ccccc6cc6c5ccc5ccccc56)cc4)n3)c2)cc1. The van der Waals surface area contributed by atoms with Crippen LogP contribution in [0.5, 0.6) is 0 Å². The van der Waals surface area contributed by atoms with E-state index in [0.29, 0.717) is 5.82 Å². The van der Waals surface area contributed by atoms with E-state index in [1.54, 1.807) is 0 Å². The van der Waals surface area contributed by atoms with Crippen molar-refractivity contribution in [3.8, 4) is 56.2 Å². The number of fused-ring (bicyclic) bond motifs is 7. The van der Waals surface area contributed by atoms with Crippen LogP contribution in [-0.2, 0) is 0 Å². The first kappa shape index (κ1) is 31.2. The fraction of sp³-hybridized carbons (Fsp3) is 0. The zero-order valence-corrected chi connectivity index (χ0v) is 29.8. The van der Waals surface area contributed by atoms with Gasteiger partial charge in [0.15, 0.2) is 5.82 Å². The second-order valence-corrected chi connectivity index (χ2v) is 14.1. The van der Waals surface area contributed by atoms with Crippen LogP contribution in [0.4, 0.5) is 0 Å². The van der Waals surface area contributed by atoms with Gasteiger partial charge in [0.2, 0.25) is 0 Å². The molecule has 0 spiro atoms. The van der Waals surface area contributed by atoms with Crippen LogP contribution in [0.2, 0.25) is 0 Å². The Labute approximate surface area is 317 Å². The second-order valence-electron chi connectivity index (χ2n) is 14.1. The van der Waals surface area contributed by atoms with E-state index in [4.69, 9.17) is 14.4 Å². The summed E-state index contributed by atoms with van der Waals surface area (Å²) in [5.41, 5.74) is 11.1. The van der Waals surface area contributed by atoms with Crippen molar-refractivity contribution in [3.05, 3.63) is 194 Å². The Balaban J connectivity index is 1.10. The lowest BCUT2D eigenvalue weighted by molar-refractivity contribution is 0.669. The van der Waals surface area contributed by atoms with E-state index in [2.05, 4.69) is 164 Å². The van der Waals surface area contributed by atoms with Crippen molar-refractivity contribution >= 4 is 54.3 Å². The molecule has 0 bridgehead atoms. The molecule has 0 aliphatic rings. The molecular formula is C52H32N2O. The van der Waals surface area contributed by atoms with E-state index < -0.39 is 0 Å². The van der Waals surface area contributed by atoms with Gasteiger partial charge in [-0.3, -0.25) is 0 Å². The topological polar surface area (TPSA) is 38.9 Å². The monoisotopic (exact) mass is 700 g/mol. The number of nitrogens with zero attached hydrogens (tertiary/aromatic N) is 2. The summed E-state index contributed by atoms with van der Waals surface area (Å²) in [7, 11) is 0. The van der Waals surface area contributed by atoms with E-state index in [0.717, 1.165) is 66.7 Å². The van der Waals surface area contributed by atoms with Gasteiger partial charge in [-0.1, -0.05) is 164 Å². The van der Waals surface area contributed by atoms with Gasteiger partial charge in [0.1, 0.15) is 11.2 Å². The molecule has 3 heteroatoms. The number of benzene rings is 9. The summed E-state index contributed by atoms with van der Waals surface area (Å²) in [5, 5.41) is 9.59. The quantitative estimate of drug-likeness (QED) is 0.133. The lowest BCUT2D eigenvalue weighted by atomic mass is 9.89. The molecule has 0 unspecified atom stereocenters. The van der Waals surface area contributed by atoms with Crippen LogP contribution in [0.1, 0.15) is 0 Å². The Kier molecular flexibility index (Phi) is 7.17. The predicted octanol–water partition coefficient (Wildman–Crippen LogP) is 14.2. The number of hydrogen-bond acceptors (Lipinski definition) is 3. The van der Waals surface area contributed by atoms with E-state index in [9.17, 15) is 0 Å². The largest absolute Gasteiger partial charge is 0.456 e. The molecule has 0 radical (unpaired) electrons. The third-order valence-electron chi connectivity index (χ3n) is 10.9. The highest BCUT2D eigenvalue weighted by Gasteiger charge is 2.18. The molecule has 11 aromatic rings. The van der Waals surface area contributed by atoms with Gasteiger partial charge in [0, 0.05) is 27.5 Å². The van der Waals surface area contributed by atoms with E-state index in [-0.39, 0.29) is 0 Å². The fourth-order valence-electron chi connectivity index (χ4n) is 8.26. The van der Waals surface area contributed by atoms with Crippen molar-refractivity contribution in [3.63, 3.8) is 0 Å². The number of para-hydroxylation sites is 1. The van der Waals surface area contributed by atoms with Crippen LogP contribution in [-0.4, -0.2) is 9.97 Å². The van der Waals surface area contributed by atoms with Crippen LogP contribution in [0.15, 0.2) is 199 Å². The van der Waals surface area contributed by atoms with Gasteiger partial charge in [-0.15, -0.1) is 0 Å². The van der Waals surface area contributed by atoms with Crippen molar-refractivity contribution in [1.29, 1.82) is 0 Å². The molecule has 0 saturated carbocycles. The minimum atomic E-state index is 0.669. The normalized spacial score (nSPS) is 11.6. The van der Waals surface area contributed by atoms with Crippen LogP contribution < -0.4 is 0 Å². The summed E-state index contributed by atoms with van der Waals surface area (Å²) in [5.74, 6) is 0.669. The van der Waals surface area contributed by atoms with Crippen molar-refractivity contribution < 1.29 is 4.42 Å². The van der Waals surface area contributed by atoms with Crippen molar-refractivity contribution in [1.82, 2.24) is 9.97 Å². The first-order valence-electron chi connectivity index (χ1n) is 18.6. The lowest BCUT2D eigenvalue weighted by Crippen LogP contribution is -1.96. The summed E-state index contributed by atoms with van der Waals surface area (Å²) < 4.78 is 6.31. The molecule has 55 heavy (non-hydrogen) atoms. The van der Waals surface area contributed by atoms with Gasteiger partial charge in [0.25, 0.3) is 0 Å². The minimum absolute atomic E-state index is 0.669. The Bertz CT molecular complexity index is 3250. The third kappa shape index (κ3) is 5.28. The van der Waals surface area contributed by atoms with E-state index in [1.807, 2.05) is 30.3 Å². The Morgan fingerprint density at radius 3 is 1.85 bits per heavy atom. The molecule has 2 heterocycles. The Morgan fingerprint density at radius 2 is 0.982 bits per heavy atom. The first-order chi connectivity index (χ1) is 27.2. The van der Waals surface area contributed by atoms with Crippen LogP contribution in [0.25, 0.3) is 110 Å². The van der Waals surface area contributed by atoms with Crippen LogP contribution in [0.3, 0.4) is 0 Å². The fourth-order valence-corrected chi connectivity index (χ4v) is 8.26. The van der Waals surface area contributed by atoms with Crippen molar-refractivity contribution in [2.45, 2.75) is 0 Å². The molecule has 0 N–H and O–H groups in total. The molecule has 3 nitrogen and oxygen atoms in total. The molecule has 0 atom stereocenters.